The van der Waals surface area contributed by atoms with E-state index in [0.29, 0.717) is 11.1 Å². The predicted molar refractivity (Wildman–Crippen MR) is 102 cm³/mol. The quantitative estimate of drug-likeness (QED) is 0.883. The highest BCUT2D eigenvalue weighted by molar-refractivity contribution is 6.06. The first kappa shape index (κ1) is 16.1. The van der Waals surface area contributed by atoms with Crippen LogP contribution in [0, 0.1) is 23.2 Å². The monoisotopic (exact) mass is 350 g/mol. The molecule has 4 aliphatic rings. The summed E-state index contributed by atoms with van der Waals surface area (Å²) in [4.78, 5) is 27.8. The third-order valence-corrected chi connectivity index (χ3v) is 7.35. The molecule has 0 unspecified atom stereocenters. The number of benzene rings is 1. The molecule has 1 amide bonds. The number of fused-ring (bicyclic) bond motifs is 1. The van der Waals surface area contributed by atoms with Crippen LogP contribution in [0.2, 0.25) is 0 Å². The predicted octanol–water partition coefficient (Wildman–Crippen LogP) is 3.86. The zero-order valence-electron chi connectivity index (χ0n) is 15.3. The molecule has 26 heavy (non-hydrogen) atoms. The average molecular weight is 350 g/mol. The van der Waals surface area contributed by atoms with Gasteiger partial charge in [0.05, 0.1) is 5.56 Å². The number of amides is 1. The summed E-state index contributed by atoms with van der Waals surface area (Å²) in [6.07, 6.45) is 7.99. The number of nitrogens with one attached hydrogen (secondary N) is 2. The van der Waals surface area contributed by atoms with Crippen molar-refractivity contribution in [2.24, 2.45) is 23.2 Å². The van der Waals surface area contributed by atoms with Crippen molar-refractivity contribution in [3.8, 4) is 0 Å². The third-order valence-electron chi connectivity index (χ3n) is 7.35. The average Bonchev–Trinajstić information content (AvgIpc) is 2.59. The number of carbonyl (C=O) groups is 1. The van der Waals surface area contributed by atoms with Crippen molar-refractivity contribution in [2.75, 3.05) is 0 Å². The second-order valence-corrected chi connectivity index (χ2v) is 9.07. The van der Waals surface area contributed by atoms with E-state index < -0.39 is 0 Å². The molecule has 0 spiro atoms. The Bertz CT molecular complexity index is 894. The number of H-pyrrole nitrogens is 1. The number of para-hydroxylation sites is 1. The number of rotatable bonds is 3. The Hall–Kier alpha value is -2.10. The highest BCUT2D eigenvalue weighted by Crippen LogP contribution is 2.61. The molecule has 4 bridgehead atoms. The summed E-state index contributed by atoms with van der Waals surface area (Å²) in [7, 11) is 0. The summed E-state index contributed by atoms with van der Waals surface area (Å²) >= 11 is 0. The Balaban J connectivity index is 1.43. The van der Waals surface area contributed by atoms with Crippen molar-refractivity contribution in [1.82, 2.24) is 10.3 Å². The van der Waals surface area contributed by atoms with Gasteiger partial charge in [0.25, 0.3) is 5.91 Å². The standard InChI is InChI=1S/C22H26N2O2/c1-13(22-10-14-6-15(11-22)8-16(7-14)12-22)23-21(26)18-9-20(25)24-19-5-3-2-4-17(18)19/h2-5,9,13-16H,6-8,10-12H2,1H3,(H,23,26)(H,24,25)/t13-,14?,15?,16?,22?/m1/s1. The van der Waals surface area contributed by atoms with Crippen LogP contribution in [0.25, 0.3) is 10.9 Å². The Morgan fingerprint density at radius 1 is 1.12 bits per heavy atom. The Morgan fingerprint density at radius 2 is 1.73 bits per heavy atom. The van der Waals surface area contributed by atoms with Crippen molar-refractivity contribution >= 4 is 16.8 Å². The van der Waals surface area contributed by atoms with Crippen LogP contribution in [-0.4, -0.2) is 16.9 Å². The number of aromatic nitrogens is 1. The number of pyridine rings is 1. The van der Waals surface area contributed by atoms with Crippen LogP contribution in [0.4, 0.5) is 0 Å². The Kier molecular flexibility index (Phi) is 3.53. The first-order valence-corrected chi connectivity index (χ1v) is 9.95. The van der Waals surface area contributed by atoms with E-state index in [-0.39, 0.29) is 22.9 Å². The molecule has 6 rings (SSSR count). The van der Waals surface area contributed by atoms with Crippen LogP contribution in [0.15, 0.2) is 35.1 Å². The van der Waals surface area contributed by atoms with E-state index in [1.165, 1.54) is 44.6 Å². The maximum atomic E-state index is 13.1. The second kappa shape index (κ2) is 5.70. The van der Waals surface area contributed by atoms with E-state index in [2.05, 4.69) is 17.2 Å². The molecule has 1 aromatic carbocycles. The van der Waals surface area contributed by atoms with E-state index in [1.807, 2.05) is 24.3 Å². The van der Waals surface area contributed by atoms with E-state index >= 15 is 0 Å². The highest BCUT2D eigenvalue weighted by atomic mass is 16.2. The molecule has 4 fully saturated rings. The van der Waals surface area contributed by atoms with Crippen molar-refractivity contribution in [3.05, 3.63) is 46.2 Å². The van der Waals surface area contributed by atoms with Crippen LogP contribution in [0.3, 0.4) is 0 Å². The van der Waals surface area contributed by atoms with E-state index in [4.69, 9.17) is 0 Å². The van der Waals surface area contributed by atoms with Gasteiger partial charge in [0.2, 0.25) is 5.56 Å². The van der Waals surface area contributed by atoms with Crippen LogP contribution in [0.5, 0.6) is 0 Å². The first-order chi connectivity index (χ1) is 12.5. The van der Waals surface area contributed by atoms with E-state index in [1.54, 1.807) is 0 Å². The van der Waals surface area contributed by atoms with Crippen molar-refractivity contribution in [2.45, 2.75) is 51.5 Å². The summed E-state index contributed by atoms with van der Waals surface area (Å²) in [5.41, 5.74) is 1.24. The smallest absolute Gasteiger partial charge is 0.252 e. The lowest BCUT2D eigenvalue weighted by Crippen LogP contribution is -2.55. The molecule has 0 saturated heterocycles. The molecule has 4 aliphatic carbocycles. The maximum absolute atomic E-state index is 13.1. The fourth-order valence-electron chi connectivity index (χ4n) is 6.53. The number of carbonyl (C=O) groups excluding carboxylic acids is 1. The largest absolute Gasteiger partial charge is 0.349 e. The molecule has 4 saturated carbocycles. The molecule has 4 heteroatoms. The molecule has 4 nitrogen and oxygen atoms in total. The first-order valence-electron chi connectivity index (χ1n) is 9.95. The van der Waals surface area contributed by atoms with Gasteiger partial charge in [-0.1, -0.05) is 18.2 Å². The SMILES string of the molecule is C[C@@H](NC(=O)c1cc(=O)[nH]c2ccccc12)C12CC3CC(CC(C3)C1)C2. The van der Waals surface area contributed by atoms with Gasteiger partial charge in [-0.25, -0.2) is 0 Å². The Morgan fingerprint density at radius 3 is 2.38 bits per heavy atom. The van der Waals surface area contributed by atoms with Gasteiger partial charge in [-0.3, -0.25) is 9.59 Å². The molecular formula is C22H26N2O2. The molecule has 0 radical (unpaired) electrons. The lowest BCUT2D eigenvalue weighted by Gasteiger charge is -2.59. The molecule has 0 aliphatic heterocycles. The lowest BCUT2D eigenvalue weighted by molar-refractivity contribution is -0.0687. The molecule has 2 aromatic rings. The third kappa shape index (κ3) is 2.50. The summed E-state index contributed by atoms with van der Waals surface area (Å²) in [6, 6.07) is 9.11. The zero-order valence-corrected chi connectivity index (χ0v) is 15.3. The summed E-state index contributed by atoms with van der Waals surface area (Å²) in [6.45, 7) is 2.18. The van der Waals surface area contributed by atoms with E-state index in [9.17, 15) is 9.59 Å². The summed E-state index contributed by atoms with van der Waals surface area (Å²) < 4.78 is 0. The fraction of sp³-hybridized carbons (Fsp3) is 0.545. The molecule has 1 aromatic heterocycles. The van der Waals surface area contributed by atoms with Gasteiger partial charge in [-0.05, 0) is 74.7 Å². The van der Waals surface area contributed by atoms with Crippen LogP contribution < -0.4 is 10.9 Å². The minimum Gasteiger partial charge on any atom is -0.349 e. The minimum absolute atomic E-state index is 0.115. The van der Waals surface area contributed by atoms with E-state index in [0.717, 1.165) is 23.1 Å². The van der Waals surface area contributed by atoms with Gasteiger partial charge in [-0.2, -0.15) is 0 Å². The zero-order chi connectivity index (χ0) is 17.9. The molecule has 2 N–H and O–H groups in total. The van der Waals surface area contributed by atoms with Gasteiger partial charge >= 0.3 is 0 Å². The van der Waals surface area contributed by atoms with Gasteiger partial charge < -0.3 is 10.3 Å². The van der Waals surface area contributed by atoms with Gasteiger partial charge in [-0.15, -0.1) is 0 Å². The van der Waals surface area contributed by atoms with Crippen molar-refractivity contribution < 1.29 is 4.79 Å². The normalized spacial score (nSPS) is 33.3. The molecule has 1 atom stereocenters. The number of aromatic amines is 1. The molecule has 136 valence electrons. The number of hydrogen-bond donors (Lipinski definition) is 2. The Labute approximate surface area is 153 Å². The van der Waals surface area contributed by atoms with Crippen LogP contribution >= 0.6 is 0 Å². The number of hydrogen-bond acceptors (Lipinski definition) is 2. The topological polar surface area (TPSA) is 62.0 Å². The van der Waals surface area contributed by atoms with Gasteiger partial charge in [0, 0.05) is 23.0 Å². The second-order valence-electron chi connectivity index (χ2n) is 9.07. The van der Waals surface area contributed by atoms with Gasteiger partial charge in [0.1, 0.15) is 0 Å². The van der Waals surface area contributed by atoms with Crippen LogP contribution in [-0.2, 0) is 0 Å². The highest BCUT2D eigenvalue weighted by Gasteiger charge is 2.53. The minimum atomic E-state index is -0.226. The summed E-state index contributed by atoms with van der Waals surface area (Å²) in [5, 5.41) is 4.09. The molecule has 1 heterocycles. The van der Waals surface area contributed by atoms with Crippen LogP contribution in [0.1, 0.15) is 55.8 Å². The van der Waals surface area contributed by atoms with Crippen molar-refractivity contribution in [1.29, 1.82) is 0 Å². The molecular weight excluding hydrogens is 324 g/mol. The lowest BCUT2D eigenvalue weighted by atomic mass is 9.48. The van der Waals surface area contributed by atoms with Gasteiger partial charge in [0.15, 0.2) is 0 Å². The fourth-order valence-corrected chi connectivity index (χ4v) is 6.53. The summed E-state index contributed by atoms with van der Waals surface area (Å²) in [5.74, 6) is 2.47. The maximum Gasteiger partial charge on any atom is 0.252 e. The van der Waals surface area contributed by atoms with Crippen molar-refractivity contribution in [3.63, 3.8) is 0 Å².